The number of nitrogens with two attached hydrogens (primary N) is 2. The van der Waals surface area contributed by atoms with Crippen molar-refractivity contribution in [1.82, 2.24) is 0 Å². The molecule has 0 saturated carbocycles. The van der Waals surface area contributed by atoms with Crippen LogP contribution < -0.4 is 11.5 Å². The predicted octanol–water partition coefficient (Wildman–Crippen LogP) is 2.52. The summed E-state index contributed by atoms with van der Waals surface area (Å²) in [6, 6.07) is 16.8. The molecule has 0 unspecified atom stereocenters. The molecule has 0 fully saturated rings. The van der Waals surface area contributed by atoms with Gasteiger partial charge in [0.1, 0.15) is 0 Å². The van der Waals surface area contributed by atoms with Crippen molar-refractivity contribution >= 4 is 31.0 Å². The molecule has 0 aliphatic carbocycles. The third-order valence-corrected chi connectivity index (χ3v) is 7.36. The van der Waals surface area contributed by atoms with Gasteiger partial charge in [-0.25, -0.2) is 16.8 Å². The van der Waals surface area contributed by atoms with Gasteiger partial charge < -0.3 is 11.5 Å². The Morgan fingerprint density at radius 1 is 0.500 bits per heavy atom. The minimum atomic E-state index is -3.79. The highest BCUT2D eigenvalue weighted by molar-refractivity contribution is 7.92. The van der Waals surface area contributed by atoms with Gasteiger partial charge in [-0.3, -0.25) is 0 Å². The lowest BCUT2D eigenvalue weighted by molar-refractivity contribution is 0.592. The second-order valence-corrected chi connectivity index (χ2v) is 9.52. The Bertz CT molecular complexity index is 1150. The predicted molar refractivity (Wildman–Crippen MR) is 99.1 cm³/mol. The van der Waals surface area contributed by atoms with E-state index in [4.69, 9.17) is 11.5 Å². The third-order valence-electron chi connectivity index (χ3n) is 3.80. The van der Waals surface area contributed by atoms with Gasteiger partial charge in [0.15, 0.2) is 0 Å². The van der Waals surface area contributed by atoms with Crippen LogP contribution in [0.25, 0.3) is 0 Å². The van der Waals surface area contributed by atoms with Gasteiger partial charge in [-0.05, 0) is 66.7 Å². The molecular formula is C18H16N2O4S2. The Hall–Kier alpha value is -2.84. The van der Waals surface area contributed by atoms with Gasteiger partial charge in [0.2, 0.25) is 19.7 Å². The average Bonchev–Trinajstić information content (AvgIpc) is 2.62. The molecule has 6 nitrogen and oxygen atoms in total. The van der Waals surface area contributed by atoms with Gasteiger partial charge in [0, 0.05) is 11.4 Å². The van der Waals surface area contributed by atoms with Crippen molar-refractivity contribution in [3.63, 3.8) is 0 Å². The standard InChI is InChI=1S/C18H16N2O4S2/c19-13-4-6-15(7-5-13)25(21,22)16-8-10-17(11-9-16)26(23,24)18-3-1-2-14(20)12-18/h1-12H,19-20H2. The Morgan fingerprint density at radius 3 is 1.38 bits per heavy atom. The van der Waals surface area contributed by atoms with Crippen LogP contribution >= 0.6 is 0 Å². The molecule has 0 bridgehead atoms. The summed E-state index contributed by atoms with van der Waals surface area (Å²) in [6.45, 7) is 0. The van der Waals surface area contributed by atoms with Crippen LogP contribution in [0.4, 0.5) is 11.4 Å². The minimum absolute atomic E-state index is 0.00574. The molecule has 134 valence electrons. The molecule has 3 aromatic carbocycles. The van der Waals surface area contributed by atoms with Gasteiger partial charge >= 0.3 is 0 Å². The molecule has 3 aromatic rings. The van der Waals surface area contributed by atoms with Crippen molar-refractivity contribution in [3.05, 3.63) is 72.8 Å². The fraction of sp³-hybridized carbons (Fsp3) is 0. The van der Waals surface area contributed by atoms with Gasteiger partial charge in [0.25, 0.3) is 0 Å². The number of nitrogen functional groups attached to an aromatic ring is 2. The summed E-state index contributed by atoms with van der Waals surface area (Å²) < 4.78 is 50.5. The summed E-state index contributed by atoms with van der Waals surface area (Å²) in [5.41, 5.74) is 12.0. The first kappa shape index (κ1) is 18.0. The number of hydrogen-bond donors (Lipinski definition) is 2. The van der Waals surface area contributed by atoms with E-state index in [0.717, 1.165) is 0 Å². The quantitative estimate of drug-likeness (QED) is 0.663. The first-order chi connectivity index (χ1) is 12.2. The van der Waals surface area contributed by atoms with E-state index >= 15 is 0 Å². The summed E-state index contributed by atoms with van der Waals surface area (Å²) in [6.07, 6.45) is 0. The van der Waals surface area contributed by atoms with E-state index in [1.807, 2.05) is 0 Å². The van der Waals surface area contributed by atoms with Crippen LogP contribution in [0.5, 0.6) is 0 Å². The lowest BCUT2D eigenvalue weighted by Gasteiger charge is -2.08. The van der Waals surface area contributed by atoms with Crippen molar-refractivity contribution in [2.45, 2.75) is 19.6 Å². The first-order valence-electron chi connectivity index (χ1n) is 7.52. The number of rotatable bonds is 4. The highest BCUT2D eigenvalue weighted by atomic mass is 32.2. The minimum Gasteiger partial charge on any atom is -0.399 e. The number of benzene rings is 3. The first-order valence-corrected chi connectivity index (χ1v) is 10.5. The molecule has 0 spiro atoms. The molecule has 0 heterocycles. The van der Waals surface area contributed by atoms with Crippen LogP contribution in [0, 0.1) is 0 Å². The molecule has 0 saturated heterocycles. The second kappa shape index (κ2) is 6.47. The molecule has 0 aliphatic rings. The number of hydrogen-bond acceptors (Lipinski definition) is 6. The van der Waals surface area contributed by atoms with Crippen LogP contribution in [0.2, 0.25) is 0 Å². The van der Waals surface area contributed by atoms with Gasteiger partial charge in [0.05, 0.1) is 19.6 Å². The van der Waals surface area contributed by atoms with Crippen LogP contribution in [0.15, 0.2) is 92.4 Å². The van der Waals surface area contributed by atoms with Crippen molar-refractivity contribution in [2.24, 2.45) is 0 Å². The summed E-state index contributed by atoms with van der Waals surface area (Å²) in [5.74, 6) is 0. The summed E-state index contributed by atoms with van der Waals surface area (Å²) in [7, 11) is -7.55. The van der Waals surface area contributed by atoms with Crippen LogP contribution in [-0.4, -0.2) is 16.8 Å². The Labute approximate surface area is 151 Å². The van der Waals surface area contributed by atoms with Gasteiger partial charge in [-0.2, -0.15) is 0 Å². The monoisotopic (exact) mass is 388 g/mol. The normalized spacial score (nSPS) is 12.0. The van der Waals surface area contributed by atoms with E-state index in [0.29, 0.717) is 11.4 Å². The van der Waals surface area contributed by atoms with Gasteiger partial charge in [-0.15, -0.1) is 0 Å². The molecule has 0 radical (unpaired) electrons. The zero-order valence-corrected chi connectivity index (χ0v) is 15.2. The van der Waals surface area contributed by atoms with Crippen LogP contribution in [-0.2, 0) is 19.7 Å². The van der Waals surface area contributed by atoms with Crippen molar-refractivity contribution in [1.29, 1.82) is 0 Å². The summed E-state index contributed by atoms with van der Waals surface area (Å²) in [5, 5.41) is 0. The summed E-state index contributed by atoms with van der Waals surface area (Å²) in [4.78, 5) is 0.109. The molecule has 3 rings (SSSR count). The lowest BCUT2D eigenvalue weighted by atomic mass is 10.3. The van der Waals surface area contributed by atoms with E-state index in [2.05, 4.69) is 0 Å². The van der Waals surface area contributed by atoms with E-state index in [9.17, 15) is 16.8 Å². The molecule has 26 heavy (non-hydrogen) atoms. The topological polar surface area (TPSA) is 120 Å². The fourth-order valence-electron chi connectivity index (χ4n) is 2.40. The maximum Gasteiger partial charge on any atom is 0.206 e. The maximum atomic E-state index is 12.6. The maximum absolute atomic E-state index is 12.6. The number of anilines is 2. The molecular weight excluding hydrogens is 372 g/mol. The molecule has 8 heteroatoms. The molecule has 0 amide bonds. The number of sulfone groups is 2. The SMILES string of the molecule is Nc1ccc(S(=O)(=O)c2ccc(S(=O)(=O)c3cccc(N)c3)cc2)cc1. The Morgan fingerprint density at radius 2 is 0.923 bits per heavy atom. The smallest absolute Gasteiger partial charge is 0.206 e. The Balaban J connectivity index is 1.99. The van der Waals surface area contributed by atoms with Crippen LogP contribution in [0.3, 0.4) is 0 Å². The van der Waals surface area contributed by atoms with Crippen molar-refractivity contribution < 1.29 is 16.8 Å². The largest absolute Gasteiger partial charge is 0.399 e. The fourth-order valence-corrected chi connectivity index (χ4v) is 4.98. The van der Waals surface area contributed by atoms with Crippen molar-refractivity contribution in [2.75, 3.05) is 11.5 Å². The Kier molecular flexibility index (Phi) is 4.47. The highest BCUT2D eigenvalue weighted by Gasteiger charge is 2.21. The molecule has 4 N–H and O–H groups in total. The van der Waals surface area contributed by atoms with E-state index in [1.54, 1.807) is 12.1 Å². The van der Waals surface area contributed by atoms with E-state index < -0.39 is 19.7 Å². The second-order valence-electron chi connectivity index (χ2n) is 5.62. The lowest BCUT2D eigenvalue weighted by Crippen LogP contribution is -2.05. The summed E-state index contributed by atoms with van der Waals surface area (Å²) >= 11 is 0. The molecule has 0 aliphatic heterocycles. The zero-order valence-electron chi connectivity index (χ0n) is 13.5. The zero-order chi connectivity index (χ0) is 18.9. The molecule has 0 aromatic heterocycles. The average molecular weight is 388 g/mol. The van der Waals surface area contributed by atoms with Crippen LogP contribution in [0.1, 0.15) is 0 Å². The third kappa shape index (κ3) is 3.29. The van der Waals surface area contributed by atoms with E-state index in [1.165, 1.54) is 60.7 Å². The highest BCUT2D eigenvalue weighted by Crippen LogP contribution is 2.26. The van der Waals surface area contributed by atoms with Gasteiger partial charge in [-0.1, -0.05) is 6.07 Å². The van der Waals surface area contributed by atoms with Crippen molar-refractivity contribution in [3.8, 4) is 0 Å². The molecule has 0 atom stereocenters. The van der Waals surface area contributed by atoms with E-state index in [-0.39, 0.29) is 19.6 Å².